The SMILES string of the molecule is CCN(CC)C(c1ccccc1F)c1ccccc1F. The van der Waals surface area contributed by atoms with E-state index in [0.717, 1.165) is 13.1 Å². The van der Waals surface area contributed by atoms with E-state index in [2.05, 4.69) is 4.90 Å². The summed E-state index contributed by atoms with van der Waals surface area (Å²) in [6.07, 6.45) is 0. The van der Waals surface area contributed by atoms with E-state index >= 15 is 0 Å². The van der Waals surface area contributed by atoms with E-state index in [-0.39, 0.29) is 11.6 Å². The minimum atomic E-state index is -0.396. The Kier molecular flexibility index (Phi) is 4.85. The quantitative estimate of drug-likeness (QED) is 0.782. The minimum Gasteiger partial charge on any atom is -0.293 e. The molecule has 0 heterocycles. The molecule has 3 heteroatoms. The largest absolute Gasteiger partial charge is 0.293 e. The highest BCUT2D eigenvalue weighted by Crippen LogP contribution is 2.31. The van der Waals surface area contributed by atoms with E-state index in [1.807, 2.05) is 13.8 Å². The molecule has 2 aromatic rings. The molecule has 0 aliphatic heterocycles. The molecule has 0 aliphatic rings. The van der Waals surface area contributed by atoms with Crippen molar-refractivity contribution in [2.24, 2.45) is 0 Å². The molecule has 1 nitrogen and oxygen atoms in total. The van der Waals surface area contributed by atoms with Gasteiger partial charge >= 0.3 is 0 Å². The third-order valence-electron chi connectivity index (χ3n) is 3.58. The maximum atomic E-state index is 14.1. The van der Waals surface area contributed by atoms with Crippen LogP contribution < -0.4 is 0 Å². The monoisotopic (exact) mass is 275 g/mol. The molecule has 0 amide bonds. The summed E-state index contributed by atoms with van der Waals surface area (Å²) < 4.78 is 28.3. The van der Waals surface area contributed by atoms with Crippen LogP contribution in [0.15, 0.2) is 48.5 Å². The molecule has 106 valence electrons. The van der Waals surface area contributed by atoms with Gasteiger partial charge in [0.2, 0.25) is 0 Å². The van der Waals surface area contributed by atoms with Gasteiger partial charge in [0.05, 0.1) is 6.04 Å². The van der Waals surface area contributed by atoms with E-state index in [9.17, 15) is 8.78 Å². The normalized spacial score (nSPS) is 11.3. The third kappa shape index (κ3) is 2.88. The molecule has 0 radical (unpaired) electrons. The van der Waals surface area contributed by atoms with Crippen molar-refractivity contribution >= 4 is 0 Å². The Morgan fingerprint density at radius 2 is 1.20 bits per heavy atom. The zero-order valence-electron chi connectivity index (χ0n) is 11.8. The number of halogens is 2. The zero-order valence-corrected chi connectivity index (χ0v) is 11.8. The molecule has 20 heavy (non-hydrogen) atoms. The van der Waals surface area contributed by atoms with Gasteiger partial charge in [-0.2, -0.15) is 0 Å². The van der Waals surface area contributed by atoms with Crippen molar-refractivity contribution in [3.8, 4) is 0 Å². The summed E-state index contributed by atoms with van der Waals surface area (Å²) >= 11 is 0. The van der Waals surface area contributed by atoms with Crippen LogP contribution in [0.4, 0.5) is 8.78 Å². The Morgan fingerprint density at radius 3 is 1.55 bits per heavy atom. The average molecular weight is 275 g/mol. The smallest absolute Gasteiger partial charge is 0.128 e. The lowest BCUT2D eigenvalue weighted by Crippen LogP contribution is -2.30. The van der Waals surface area contributed by atoms with E-state index in [0.29, 0.717) is 11.1 Å². The molecule has 0 aliphatic carbocycles. The van der Waals surface area contributed by atoms with Crippen LogP contribution in [0.2, 0.25) is 0 Å². The molecule has 0 bridgehead atoms. The van der Waals surface area contributed by atoms with Crippen molar-refractivity contribution in [3.05, 3.63) is 71.3 Å². The summed E-state index contributed by atoms with van der Waals surface area (Å²) in [6, 6.07) is 12.8. The molecule has 0 saturated carbocycles. The van der Waals surface area contributed by atoms with Gasteiger partial charge in [-0.15, -0.1) is 0 Å². The predicted octanol–water partition coefficient (Wildman–Crippen LogP) is 4.40. The first-order valence-corrected chi connectivity index (χ1v) is 6.91. The zero-order chi connectivity index (χ0) is 14.5. The molecular weight excluding hydrogens is 256 g/mol. The molecule has 0 unspecified atom stereocenters. The van der Waals surface area contributed by atoms with Crippen molar-refractivity contribution < 1.29 is 8.78 Å². The first-order chi connectivity index (χ1) is 9.69. The number of nitrogens with zero attached hydrogens (tertiary/aromatic N) is 1. The lowest BCUT2D eigenvalue weighted by atomic mass is 9.96. The van der Waals surface area contributed by atoms with Crippen molar-refractivity contribution in [2.45, 2.75) is 19.9 Å². The molecule has 0 aromatic heterocycles. The van der Waals surface area contributed by atoms with Crippen molar-refractivity contribution in [2.75, 3.05) is 13.1 Å². The van der Waals surface area contributed by atoms with Crippen LogP contribution in [0.25, 0.3) is 0 Å². The highest BCUT2D eigenvalue weighted by molar-refractivity contribution is 5.33. The average Bonchev–Trinajstić information content (AvgIpc) is 2.47. The highest BCUT2D eigenvalue weighted by atomic mass is 19.1. The van der Waals surface area contributed by atoms with Crippen LogP contribution in [0.1, 0.15) is 31.0 Å². The van der Waals surface area contributed by atoms with Gasteiger partial charge in [-0.05, 0) is 25.2 Å². The second kappa shape index (κ2) is 6.62. The highest BCUT2D eigenvalue weighted by Gasteiger charge is 2.25. The van der Waals surface area contributed by atoms with Gasteiger partial charge < -0.3 is 0 Å². The van der Waals surface area contributed by atoms with Crippen LogP contribution in [0.5, 0.6) is 0 Å². The van der Waals surface area contributed by atoms with Gasteiger partial charge in [-0.3, -0.25) is 4.90 Å². The summed E-state index contributed by atoms with van der Waals surface area (Å²) in [4.78, 5) is 2.05. The topological polar surface area (TPSA) is 3.24 Å². The Balaban J connectivity index is 2.57. The summed E-state index contributed by atoms with van der Waals surface area (Å²) in [7, 11) is 0. The van der Waals surface area contributed by atoms with Gasteiger partial charge in [0, 0.05) is 11.1 Å². The number of hydrogen-bond donors (Lipinski definition) is 0. The molecule has 2 rings (SSSR count). The second-order valence-electron chi connectivity index (χ2n) is 4.67. The summed E-state index contributed by atoms with van der Waals surface area (Å²) in [6.45, 7) is 5.45. The number of benzene rings is 2. The Hall–Kier alpha value is -1.74. The molecular formula is C17H19F2N. The van der Waals surface area contributed by atoms with Crippen LogP contribution in [0.3, 0.4) is 0 Å². The van der Waals surface area contributed by atoms with Crippen molar-refractivity contribution in [3.63, 3.8) is 0 Å². The van der Waals surface area contributed by atoms with Crippen LogP contribution in [-0.4, -0.2) is 18.0 Å². The molecule has 0 N–H and O–H groups in total. The fraction of sp³-hybridized carbons (Fsp3) is 0.294. The van der Waals surface area contributed by atoms with Gasteiger partial charge in [0.25, 0.3) is 0 Å². The lowest BCUT2D eigenvalue weighted by Gasteiger charge is -2.31. The third-order valence-corrected chi connectivity index (χ3v) is 3.58. The first kappa shape index (κ1) is 14.7. The standard InChI is InChI=1S/C17H19F2N/c1-3-20(4-2)17(13-9-5-7-11-15(13)18)14-10-6-8-12-16(14)19/h5-12,17H,3-4H2,1-2H3. The maximum Gasteiger partial charge on any atom is 0.128 e. The minimum absolute atomic E-state index is 0.298. The Morgan fingerprint density at radius 1 is 0.800 bits per heavy atom. The lowest BCUT2D eigenvalue weighted by molar-refractivity contribution is 0.241. The second-order valence-corrected chi connectivity index (χ2v) is 4.67. The fourth-order valence-corrected chi connectivity index (χ4v) is 2.54. The van der Waals surface area contributed by atoms with Crippen LogP contribution in [0, 0.1) is 11.6 Å². The fourth-order valence-electron chi connectivity index (χ4n) is 2.54. The molecule has 0 atom stereocenters. The van der Waals surface area contributed by atoms with Crippen LogP contribution in [-0.2, 0) is 0 Å². The summed E-state index contributed by atoms with van der Waals surface area (Å²) in [5.74, 6) is -0.597. The molecule has 2 aromatic carbocycles. The number of rotatable bonds is 5. The predicted molar refractivity (Wildman–Crippen MR) is 77.6 cm³/mol. The van der Waals surface area contributed by atoms with Gasteiger partial charge in [-0.25, -0.2) is 8.78 Å². The van der Waals surface area contributed by atoms with E-state index in [4.69, 9.17) is 0 Å². The Labute approximate surface area is 118 Å². The first-order valence-electron chi connectivity index (χ1n) is 6.91. The Bertz CT molecular complexity index is 519. The van der Waals surface area contributed by atoms with Gasteiger partial charge in [0.1, 0.15) is 11.6 Å². The van der Waals surface area contributed by atoms with E-state index in [1.165, 1.54) is 12.1 Å². The van der Waals surface area contributed by atoms with Gasteiger partial charge in [0.15, 0.2) is 0 Å². The van der Waals surface area contributed by atoms with Crippen molar-refractivity contribution in [1.82, 2.24) is 4.90 Å². The van der Waals surface area contributed by atoms with E-state index in [1.54, 1.807) is 36.4 Å². The summed E-state index contributed by atoms with van der Waals surface area (Å²) in [5, 5.41) is 0. The molecule has 0 saturated heterocycles. The molecule has 0 spiro atoms. The van der Waals surface area contributed by atoms with Crippen molar-refractivity contribution in [1.29, 1.82) is 0 Å². The van der Waals surface area contributed by atoms with E-state index < -0.39 is 6.04 Å². The number of hydrogen-bond acceptors (Lipinski definition) is 1. The molecule has 0 fully saturated rings. The van der Waals surface area contributed by atoms with Gasteiger partial charge in [-0.1, -0.05) is 50.2 Å². The summed E-state index contributed by atoms with van der Waals surface area (Å²) in [5.41, 5.74) is 1.03. The maximum absolute atomic E-state index is 14.1. The van der Waals surface area contributed by atoms with Crippen LogP contribution >= 0.6 is 0 Å².